The van der Waals surface area contributed by atoms with Crippen LogP contribution >= 0.6 is 0 Å². The lowest BCUT2D eigenvalue weighted by molar-refractivity contribution is 0.134. The zero-order valence-corrected chi connectivity index (χ0v) is 17.4. The SMILES string of the molecule is [2H]n1cc2c(c3c(c4[nH]c5ccc(COCC)cc5c42)C(C(C)O)c2ccccc2-3)c1O. The lowest BCUT2D eigenvalue weighted by atomic mass is 9.89. The van der Waals surface area contributed by atoms with Gasteiger partial charge >= 0.3 is 0 Å². The van der Waals surface area contributed by atoms with Crippen molar-refractivity contribution in [2.24, 2.45) is 0 Å². The summed E-state index contributed by atoms with van der Waals surface area (Å²) >= 11 is 0. The Morgan fingerprint density at radius 2 is 2.00 bits per heavy atom. The Balaban J connectivity index is 1.81. The highest BCUT2D eigenvalue weighted by molar-refractivity contribution is 6.26. The molecule has 2 heterocycles. The van der Waals surface area contributed by atoms with Crippen LogP contribution in [0.4, 0.5) is 0 Å². The van der Waals surface area contributed by atoms with Crippen LogP contribution in [0.1, 0.15) is 36.5 Å². The van der Waals surface area contributed by atoms with Crippen molar-refractivity contribution in [3.05, 3.63) is 65.4 Å². The highest BCUT2D eigenvalue weighted by Gasteiger charge is 2.37. The van der Waals surface area contributed by atoms with E-state index in [0.717, 1.165) is 60.0 Å². The van der Waals surface area contributed by atoms with Crippen molar-refractivity contribution in [3.8, 4) is 17.0 Å². The summed E-state index contributed by atoms with van der Waals surface area (Å²) in [5.74, 6) is -0.309. The van der Waals surface area contributed by atoms with Gasteiger partial charge in [-0.05, 0) is 48.2 Å². The smallest absolute Gasteiger partial charge is 0.197 e. The van der Waals surface area contributed by atoms with Crippen molar-refractivity contribution in [2.75, 3.05) is 6.61 Å². The number of hydrogen-bond acceptors (Lipinski definition) is 3. The van der Waals surface area contributed by atoms with E-state index in [1.54, 1.807) is 6.20 Å². The molecule has 0 bridgehead atoms. The highest BCUT2D eigenvalue weighted by atomic mass is 16.5. The molecule has 5 aromatic rings. The first-order valence-electron chi connectivity index (χ1n) is 11.1. The summed E-state index contributed by atoms with van der Waals surface area (Å²) in [4.78, 5) is 4.63. The fraction of sp³-hybridized carbons (Fsp3) is 0.231. The highest BCUT2D eigenvalue weighted by Crippen LogP contribution is 2.55. The molecule has 0 spiro atoms. The van der Waals surface area contributed by atoms with Crippen LogP contribution in [0, 0.1) is 0 Å². The van der Waals surface area contributed by atoms with E-state index >= 15 is 0 Å². The average molecular weight is 413 g/mol. The Morgan fingerprint density at radius 1 is 1.16 bits per heavy atom. The molecule has 2 aromatic heterocycles. The molecule has 0 saturated heterocycles. The van der Waals surface area contributed by atoms with Gasteiger partial charge < -0.3 is 24.9 Å². The molecule has 5 nitrogen and oxygen atoms in total. The van der Waals surface area contributed by atoms with Crippen LogP contribution in [0.2, 0.25) is 1.41 Å². The zero-order chi connectivity index (χ0) is 22.1. The Labute approximate surface area is 180 Å². The minimum absolute atomic E-state index is 0.0842. The van der Waals surface area contributed by atoms with Gasteiger partial charge in [0.15, 0.2) is 7.29 Å². The van der Waals surface area contributed by atoms with Gasteiger partial charge in [0.25, 0.3) is 0 Å². The maximum atomic E-state index is 10.9. The Bertz CT molecular complexity index is 1530. The number of H-pyrrole nitrogens is 2. The number of rotatable bonds is 4. The van der Waals surface area contributed by atoms with E-state index in [0.29, 0.717) is 18.6 Å². The number of ether oxygens (including phenoxy) is 1. The summed E-state index contributed by atoms with van der Waals surface area (Å²) in [5.41, 5.74) is 6.91. The van der Waals surface area contributed by atoms with E-state index in [1.165, 1.54) is 0 Å². The molecule has 5 heteroatoms. The fourth-order valence-electron chi connectivity index (χ4n) is 5.34. The van der Waals surface area contributed by atoms with Gasteiger partial charge in [-0.3, -0.25) is 0 Å². The molecule has 0 amide bonds. The van der Waals surface area contributed by atoms with Crippen molar-refractivity contribution in [1.29, 1.82) is 0 Å². The Morgan fingerprint density at radius 3 is 2.81 bits per heavy atom. The monoisotopic (exact) mass is 413 g/mol. The van der Waals surface area contributed by atoms with Gasteiger partial charge in [0.05, 0.1) is 23.6 Å². The van der Waals surface area contributed by atoms with Crippen LogP contribution in [-0.2, 0) is 11.3 Å². The predicted molar refractivity (Wildman–Crippen MR) is 124 cm³/mol. The van der Waals surface area contributed by atoms with Crippen LogP contribution < -0.4 is 0 Å². The first-order valence-corrected chi connectivity index (χ1v) is 10.7. The summed E-state index contributed by atoms with van der Waals surface area (Å²) in [7, 11) is 0. The number of fused-ring (bicyclic) bond motifs is 10. The zero-order valence-electron chi connectivity index (χ0n) is 18.4. The first-order chi connectivity index (χ1) is 15.5. The average Bonchev–Trinajstić information content (AvgIpc) is 3.42. The van der Waals surface area contributed by atoms with Crippen LogP contribution in [-0.4, -0.2) is 32.9 Å². The first kappa shape index (κ1) is 17.4. The molecular weight excluding hydrogens is 388 g/mol. The third kappa shape index (κ3) is 2.44. The van der Waals surface area contributed by atoms with E-state index < -0.39 is 6.10 Å². The van der Waals surface area contributed by atoms with Crippen LogP contribution in [0.25, 0.3) is 43.7 Å². The van der Waals surface area contributed by atoms with Gasteiger partial charge in [0.1, 0.15) is 0 Å². The molecule has 156 valence electrons. The van der Waals surface area contributed by atoms with Gasteiger partial charge in [0, 0.05) is 46.0 Å². The number of benzene rings is 3. The molecule has 3 aromatic carbocycles. The number of aliphatic hydroxyl groups excluding tert-OH is 1. The molecule has 4 N–H and O–H groups in total. The van der Waals surface area contributed by atoms with Gasteiger partial charge in [-0.2, -0.15) is 0 Å². The molecule has 2 atom stereocenters. The van der Waals surface area contributed by atoms with E-state index in [-0.39, 0.29) is 11.8 Å². The maximum absolute atomic E-state index is 10.9. The summed E-state index contributed by atoms with van der Waals surface area (Å²) in [5, 5.41) is 25.2. The fourth-order valence-corrected chi connectivity index (χ4v) is 5.34. The number of aromatic nitrogens is 2. The minimum atomic E-state index is -0.613. The number of aromatic amines is 2. The second-order valence-corrected chi connectivity index (χ2v) is 8.36. The molecule has 31 heavy (non-hydrogen) atoms. The number of hydrogen-bond donors (Lipinski definition) is 4. The third-order valence-corrected chi connectivity index (χ3v) is 6.56. The largest absolute Gasteiger partial charge is 0.494 e. The predicted octanol–water partition coefficient (Wildman–Crippen LogP) is 5.54. The minimum Gasteiger partial charge on any atom is -0.494 e. The summed E-state index contributed by atoms with van der Waals surface area (Å²) < 4.78 is 13.9. The topological polar surface area (TPSA) is 81.3 Å². The molecule has 0 aliphatic heterocycles. The van der Waals surface area contributed by atoms with Crippen molar-refractivity contribution in [3.63, 3.8) is 0 Å². The normalized spacial score (nSPS) is 16.7. The van der Waals surface area contributed by atoms with E-state index in [2.05, 4.69) is 23.2 Å². The third-order valence-electron chi connectivity index (χ3n) is 6.56. The second-order valence-electron chi connectivity index (χ2n) is 8.36. The molecule has 2 unspecified atom stereocenters. The lowest BCUT2D eigenvalue weighted by Crippen LogP contribution is -2.13. The summed E-state index contributed by atoms with van der Waals surface area (Å²) in [6.07, 6.45) is 1.06. The van der Waals surface area contributed by atoms with E-state index in [1.807, 2.05) is 38.1 Å². The molecular formula is C26H24N2O3. The van der Waals surface area contributed by atoms with Crippen LogP contribution in [0.3, 0.4) is 0 Å². The van der Waals surface area contributed by atoms with Crippen LogP contribution in [0.5, 0.6) is 5.88 Å². The van der Waals surface area contributed by atoms with E-state index in [4.69, 9.17) is 6.15 Å². The van der Waals surface area contributed by atoms with Gasteiger partial charge in [-0.25, -0.2) is 0 Å². The molecule has 0 radical (unpaired) electrons. The number of aromatic hydroxyl groups is 1. The van der Waals surface area contributed by atoms with Crippen molar-refractivity contribution < 1.29 is 16.4 Å². The molecule has 6 rings (SSSR count). The quantitative estimate of drug-likeness (QED) is 0.312. The molecule has 0 fully saturated rings. The van der Waals surface area contributed by atoms with Gasteiger partial charge in [0.2, 0.25) is 0 Å². The molecule has 0 saturated carbocycles. The van der Waals surface area contributed by atoms with Crippen molar-refractivity contribution in [1.82, 2.24) is 9.96 Å². The number of aliphatic hydroxyl groups is 1. The maximum Gasteiger partial charge on any atom is 0.197 e. The van der Waals surface area contributed by atoms with Crippen molar-refractivity contribution >= 4 is 32.6 Å². The van der Waals surface area contributed by atoms with Crippen molar-refractivity contribution in [2.45, 2.75) is 32.5 Å². The Hall–Kier alpha value is -3.28. The Kier molecular flexibility index (Phi) is 3.71. The number of nitrogens with one attached hydrogen (secondary N) is 2. The van der Waals surface area contributed by atoms with E-state index in [9.17, 15) is 10.2 Å². The standard InChI is InChI=1S/C26H24N2O3/c1-3-31-12-14-8-9-19-17(10-14)21-18-11-27-26(30)23(18)22-16-7-5-4-6-15(16)20(13(2)29)24(22)25(21)28-19/h4-11,13,20,27-30H,3,12H2,1-2H3/i/hD. The van der Waals surface area contributed by atoms with Gasteiger partial charge in [-0.1, -0.05) is 30.3 Å². The lowest BCUT2D eigenvalue weighted by Gasteiger charge is -2.18. The molecule has 1 aliphatic rings. The van der Waals surface area contributed by atoms with Crippen LogP contribution in [0.15, 0.2) is 48.7 Å². The van der Waals surface area contributed by atoms with Gasteiger partial charge in [-0.15, -0.1) is 0 Å². The summed E-state index contributed by atoms with van der Waals surface area (Å²) in [6.45, 7) is 4.96. The molecule has 1 aliphatic carbocycles. The summed E-state index contributed by atoms with van der Waals surface area (Å²) in [6, 6.07) is 14.3. The second kappa shape index (κ2) is 6.61.